The molecule has 1 saturated heterocycles. The van der Waals surface area contributed by atoms with E-state index in [1.54, 1.807) is 0 Å². The Morgan fingerprint density at radius 1 is 1.67 bits per heavy atom. The molecule has 5 nitrogen and oxygen atoms in total. The lowest BCUT2D eigenvalue weighted by atomic mass is 10.0. The Labute approximate surface area is 89.3 Å². The monoisotopic (exact) mass is 231 g/mol. The zero-order chi connectivity index (χ0) is 11.5. The van der Waals surface area contributed by atoms with Gasteiger partial charge in [0.1, 0.15) is 0 Å². The maximum atomic E-state index is 11.3. The molecule has 1 aliphatic heterocycles. The lowest BCUT2D eigenvalue weighted by Crippen LogP contribution is -2.31. The normalized spacial score (nSPS) is 26.0. The molecule has 0 spiro atoms. The number of carbonyl (C=O) groups excluding carboxylic acids is 1. The van der Waals surface area contributed by atoms with Gasteiger partial charge in [0.25, 0.3) is 10.1 Å². The van der Waals surface area contributed by atoms with Gasteiger partial charge in [-0.1, -0.05) is 0 Å². The molecule has 1 aliphatic rings. The van der Waals surface area contributed by atoms with Crippen molar-refractivity contribution in [3.63, 3.8) is 0 Å². The van der Waals surface area contributed by atoms with Gasteiger partial charge < -0.3 is 5.32 Å². The molecule has 84 valence electrons. The van der Waals surface area contributed by atoms with Gasteiger partial charge in [0.2, 0.25) is 5.91 Å². The van der Waals surface area contributed by atoms with Gasteiger partial charge >= 0.3 is 0 Å². The highest BCUT2D eigenvalue weighted by molar-refractivity contribution is 7.85. The van der Waals surface area contributed by atoms with Gasteiger partial charge in [-0.25, -0.2) is 0 Å². The van der Waals surface area contributed by atoms with Gasteiger partial charge in [-0.3, -0.25) is 8.98 Å². The van der Waals surface area contributed by atoms with Crippen LogP contribution in [0.4, 0.5) is 0 Å². The molecule has 1 amide bonds. The maximum absolute atomic E-state index is 11.3. The molecule has 0 aliphatic carbocycles. The summed E-state index contributed by atoms with van der Waals surface area (Å²) >= 11 is 0. The average Bonchev–Trinajstić information content (AvgIpc) is 2.44. The number of rotatable bonds is 4. The first-order valence-electron chi connectivity index (χ1n) is 4.50. The van der Waals surface area contributed by atoms with Crippen LogP contribution in [0.5, 0.6) is 0 Å². The minimum atomic E-state index is -3.45. The minimum Gasteiger partial charge on any atom is -0.351 e. The third kappa shape index (κ3) is 3.90. The molecule has 15 heavy (non-hydrogen) atoms. The van der Waals surface area contributed by atoms with Crippen LogP contribution in [0.1, 0.15) is 12.8 Å². The van der Waals surface area contributed by atoms with Gasteiger partial charge in [-0.2, -0.15) is 8.42 Å². The van der Waals surface area contributed by atoms with E-state index < -0.39 is 10.1 Å². The van der Waals surface area contributed by atoms with E-state index in [0.717, 1.165) is 6.26 Å². The van der Waals surface area contributed by atoms with Crippen LogP contribution in [0.2, 0.25) is 0 Å². The molecule has 2 atom stereocenters. The molecule has 0 bridgehead atoms. The summed E-state index contributed by atoms with van der Waals surface area (Å²) in [5.74, 6) is 2.06. The summed E-state index contributed by atoms with van der Waals surface area (Å²) in [6, 6.07) is -0.259. The Bertz CT molecular complexity index is 381. The smallest absolute Gasteiger partial charge is 0.264 e. The van der Waals surface area contributed by atoms with Crippen LogP contribution in [0.25, 0.3) is 0 Å². The average molecular weight is 231 g/mol. The molecule has 0 radical (unpaired) electrons. The summed E-state index contributed by atoms with van der Waals surface area (Å²) in [6.07, 6.45) is 6.98. The van der Waals surface area contributed by atoms with Crippen LogP contribution in [0.15, 0.2) is 0 Å². The fourth-order valence-electron chi connectivity index (χ4n) is 1.46. The van der Waals surface area contributed by atoms with Crippen molar-refractivity contribution in [2.24, 2.45) is 5.92 Å². The summed E-state index contributed by atoms with van der Waals surface area (Å²) in [5.41, 5.74) is 0. The van der Waals surface area contributed by atoms with Crippen LogP contribution in [-0.2, 0) is 19.1 Å². The summed E-state index contributed by atoms with van der Waals surface area (Å²) in [5, 5.41) is 2.64. The van der Waals surface area contributed by atoms with E-state index in [9.17, 15) is 13.2 Å². The lowest BCUT2D eigenvalue weighted by molar-refractivity contribution is -0.122. The van der Waals surface area contributed by atoms with Gasteiger partial charge in [0.05, 0.1) is 24.8 Å². The number of amides is 1. The number of hydrogen-bond acceptors (Lipinski definition) is 4. The molecule has 0 saturated carbocycles. The second-order valence-electron chi connectivity index (χ2n) is 3.54. The second kappa shape index (κ2) is 4.64. The molecule has 0 aromatic carbocycles. The SMILES string of the molecule is C#CC[C@H]1C[C@@H](COS(C)(=O)=O)NC1=O. The highest BCUT2D eigenvalue weighted by Crippen LogP contribution is 2.18. The van der Waals surface area contributed by atoms with Crippen molar-refractivity contribution in [3.05, 3.63) is 0 Å². The first-order valence-corrected chi connectivity index (χ1v) is 6.32. The van der Waals surface area contributed by atoms with Gasteiger partial charge in [0.15, 0.2) is 0 Å². The molecular formula is C9H13NO4S. The molecule has 1 rings (SSSR count). The number of terminal acetylenes is 1. The standard InChI is InChI=1S/C9H13NO4S/c1-3-4-7-5-8(10-9(7)11)6-14-15(2,12)13/h1,7-8H,4-6H2,2H3,(H,10,11)/t7-,8-/m0/s1. The minimum absolute atomic E-state index is 0.0222. The fourth-order valence-corrected chi connectivity index (χ4v) is 1.87. The number of carbonyl (C=O) groups is 1. The van der Waals surface area contributed by atoms with Crippen molar-refractivity contribution in [2.45, 2.75) is 18.9 Å². The highest BCUT2D eigenvalue weighted by atomic mass is 32.2. The largest absolute Gasteiger partial charge is 0.351 e. The number of nitrogens with one attached hydrogen (secondary N) is 1. The summed E-state index contributed by atoms with van der Waals surface area (Å²) < 4.78 is 26.0. The zero-order valence-corrected chi connectivity index (χ0v) is 9.21. The molecule has 0 aromatic rings. The first kappa shape index (κ1) is 12.0. The highest BCUT2D eigenvalue weighted by Gasteiger charge is 2.31. The zero-order valence-electron chi connectivity index (χ0n) is 8.39. The van der Waals surface area contributed by atoms with Crippen molar-refractivity contribution in [2.75, 3.05) is 12.9 Å². The predicted molar refractivity (Wildman–Crippen MR) is 54.3 cm³/mol. The summed E-state index contributed by atoms with van der Waals surface area (Å²) in [4.78, 5) is 11.3. The van der Waals surface area contributed by atoms with Crippen molar-refractivity contribution >= 4 is 16.0 Å². The molecular weight excluding hydrogens is 218 g/mol. The van der Waals surface area contributed by atoms with E-state index in [4.69, 9.17) is 6.42 Å². The third-order valence-corrected chi connectivity index (χ3v) is 2.70. The quantitative estimate of drug-likeness (QED) is 0.522. The Hall–Kier alpha value is -1.06. The predicted octanol–water partition coefficient (Wildman–Crippen LogP) is -0.509. The molecule has 1 N–H and O–H groups in total. The summed E-state index contributed by atoms with van der Waals surface area (Å²) in [7, 11) is -3.45. The van der Waals surface area contributed by atoms with Crippen LogP contribution in [-0.4, -0.2) is 33.2 Å². The fraction of sp³-hybridized carbons (Fsp3) is 0.667. The van der Waals surface area contributed by atoms with Gasteiger partial charge in [-0.15, -0.1) is 12.3 Å². The van der Waals surface area contributed by atoms with Crippen molar-refractivity contribution in [3.8, 4) is 12.3 Å². The lowest BCUT2D eigenvalue weighted by Gasteiger charge is -2.08. The van der Waals surface area contributed by atoms with E-state index in [1.165, 1.54) is 0 Å². The third-order valence-electron chi connectivity index (χ3n) is 2.13. The van der Waals surface area contributed by atoms with Crippen LogP contribution < -0.4 is 5.32 Å². The maximum Gasteiger partial charge on any atom is 0.264 e. The number of hydrogen-bond donors (Lipinski definition) is 1. The first-order chi connectivity index (χ1) is 6.92. The van der Waals surface area contributed by atoms with E-state index in [2.05, 4.69) is 15.4 Å². The molecule has 1 fully saturated rings. The molecule has 0 unspecified atom stereocenters. The Kier molecular flexibility index (Phi) is 3.72. The van der Waals surface area contributed by atoms with E-state index in [-0.39, 0.29) is 24.5 Å². The van der Waals surface area contributed by atoms with Gasteiger partial charge in [-0.05, 0) is 6.42 Å². The van der Waals surface area contributed by atoms with Crippen molar-refractivity contribution < 1.29 is 17.4 Å². The van der Waals surface area contributed by atoms with E-state index >= 15 is 0 Å². The van der Waals surface area contributed by atoms with Crippen LogP contribution >= 0.6 is 0 Å². The second-order valence-corrected chi connectivity index (χ2v) is 5.18. The Balaban J connectivity index is 2.43. The Morgan fingerprint density at radius 2 is 2.33 bits per heavy atom. The summed E-state index contributed by atoms with van der Waals surface area (Å²) in [6.45, 7) is -0.0222. The van der Waals surface area contributed by atoms with Gasteiger partial charge in [0, 0.05) is 6.42 Å². The van der Waals surface area contributed by atoms with E-state index in [0.29, 0.717) is 12.8 Å². The Morgan fingerprint density at radius 3 is 2.87 bits per heavy atom. The molecule has 0 aromatic heterocycles. The van der Waals surface area contributed by atoms with Crippen molar-refractivity contribution in [1.82, 2.24) is 5.32 Å². The molecule has 1 heterocycles. The molecule has 6 heteroatoms. The van der Waals surface area contributed by atoms with E-state index in [1.807, 2.05) is 0 Å². The van der Waals surface area contributed by atoms with Crippen LogP contribution in [0.3, 0.4) is 0 Å². The van der Waals surface area contributed by atoms with Crippen LogP contribution in [0, 0.1) is 18.3 Å². The topological polar surface area (TPSA) is 72.5 Å². The van der Waals surface area contributed by atoms with Crippen molar-refractivity contribution in [1.29, 1.82) is 0 Å².